The number of fused-ring (bicyclic) bond motifs is 2. The van der Waals surface area contributed by atoms with Crippen molar-refractivity contribution in [2.45, 2.75) is 26.8 Å². The Morgan fingerprint density at radius 2 is 2.00 bits per heavy atom. The molecule has 2 aromatic heterocycles. The summed E-state index contributed by atoms with van der Waals surface area (Å²) in [6, 6.07) is 10.1. The van der Waals surface area contributed by atoms with E-state index in [4.69, 9.17) is 15.6 Å². The van der Waals surface area contributed by atoms with Gasteiger partial charge < -0.3 is 4.74 Å². The van der Waals surface area contributed by atoms with Crippen molar-refractivity contribution in [1.29, 1.82) is 10.8 Å². The summed E-state index contributed by atoms with van der Waals surface area (Å²) >= 11 is 0. The highest BCUT2D eigenvalue weighted by Crippen LogP contribution is 2.29. The van der Waals surface area contributed by atoms with E-state index < -0.39 is 0 Å². The zero-order valence-electron chi connectivity index (χ0n) is 15.1. The highest BCUT2D eigenvalue weighted by molar-refractivity contribution is 6.05. The molecule has 0 bridgehead atoms. The average molecular weight is 361 g/mol. The summed E-state index contributed by atoms with van der Waals surface area (Å²) in [4.78, 5) is 21.4. The Bertz CT molecular complexity index is 1130. The lowest BCUT2D eigenvalue weighted by atomic mass is 9.92. The monoisotopic (exact) mass is 361 g/mol. The van der Waals surface area contributed by atoms with Crippen LogP contribution in [0.25, 0.3) is 10.9 Å². The Kier molecular flexibility index (Phi) is 3.87. The molecule has 0 aliphatic carbocycles. The predicted octanol–water partition coefficient (Wildman–Crippen LogP) is 2.74. The Balaban J connectivity index is 1.66. The van der Waals surface area contributed by atoms with E-state index in [1.807, 2.05) is 0 Å². The first kappa shape index (κ1) is 17.1. The van der Waals surface area contributed by atoms with Crippen LogP contribution in [0.3, 0.4) is 0 Å². The topological polar surface area (TPSA) is 105 Å². The first-order valence-electron chi connectivity index (χ1n) is 8.64. The molecule has 136 valence electrons. The van der Waals surface area contributed by atoms with Crippen LogP contribution in [0.5, 0.6) is 0 Å². The molecule has 1 aromatic carbocycles. The lowest BCUT2D eigenvalue weighted by Crippen LogP contribution is -2.23. The summed E-state index contributed by atoms with van der Waals surface area (Å²) in [6.07, 6.45) is 2.30. The maximum absolute atomic E-state index is 12.7. The lowest BCUT2D eigenvalue weighted by Gasteiger charge is -2.13. The van der Waals surface area contributed by atoms with Crippen LogP contribution in [0.1, 0.15) is 30.9 Å². The third kappa shape index (κ3) is 3.12. The van der Waals surface area contributed by atoms with Crippen molar-refractivity contribution in [2.75, 3.05) is 0 Å². The molecule has 0 atom stereocenters. The summed E-state index contributed by atoms with van der Waals surface area (Å²) < 4.78 is 7.06. The third-order valence-electron chi connectivity index (χ3n) is 4.62. The van der Waals surface area contributed by atoms with Gasteiger partial charge in [0.05, 0.1) is 10.9 Å². The molecule has 3 aromatic rings. The number of nitrogens with one attached hydrogen (secondary N) is 2. The fraction of sp³-hybridized carbons (Fsp3) is 0.250. The maximum atomic E-state index is 12.7. The van der Waals surface area contributed by atoms with Gasteiger partial charge in [0.25, 0.3) is 5.56 Å². The molecule has 1 aliphatic heterocycles. The van der Waals surface area contributed by atoms with Gasteiger partial charge in [0.1, 0.15) is 11.5 Å². The normalized spacial score (nSPS) is 14.7. The van der Waals surface area contributed by atoms with Gasteiger partial charge in [-0.1, -0.05) is 19.9 Å². The summed E-state index contributed by atoms with van der Waals surface area (Å²) in [5, 5.41) is 16.6. The van der Waals surface area contributed by atoms with Crippen molar-refractivity contribution in [3.63, 3.8) is 0 Å². The van der Waals surface area contributed by atoms with E-state index in [0.717, 1.165) is 12.2 Å². The van der Waals surface area contributed by atoms with Crippen LogP contribution in [-0.2, 0) is 17.7 Å². The van der Waals surface area contributed by atoms with Crippen LogP contribution in [0.15, 0.2) is 47.4 Å². The fourth-order valence-corrected chi connectivity index (χ4v) is 3.33. The van der Waals surface area contributed by atoms with E-state index in [1.54, 1.807) is 47.2 Å². The molecule has 2 N–H and O–H groups in total. The van der Waals surface area contributed by atoms with Crippen molar-refractivity contribution in [2.24, 2.45) is 5.41 Å². The standard InChI is InChI=1S/C20H19N5O2/c1-20(2)10-16-24-15-9-12(6-7-13(15)19(26)25(16)11-20)17(21)27-18(22)14-5-3-4-8-23-14/h3-9,21-22H,10-11H2,1-2H3. The summed E-state index contributed by atoms with van der Waals surface area (Å²) in [5.74, 6) is 0.378. The molecule has 0 unspecified atom stereocenters. The Morgan fingerprint density at radius 1 is 1.19 bits per heavy atom. The quantitative estimate of drug-likeness (QED) is 0.541. The highest BCUT2D eigenvalue weighted by Gasteiger charge is 2.31. The number of aromatic nitrogens is 3. The van der Waals surface area contributed by atoms with E-state index >= 15 is 0 Å². The SMILES string of the molecule is CC1(C)Cc2nc3cc(C(=N)OC(=N)c4ccccn4)ccc3c(=O)n2C1. The van der Waals surface area contributed by atoms with Gasteiger partial charge in [0, 0.05) is 24.7 Å². The number of pyridine rings is 1. The first-order chi connectivity index (χ1) is 12.8. The molecule has 1 aliphatic rings. The van der Waals surface area contributed by atoms with Crippen LogP contribution in [0.2, 0.25) is 0 Å². The molecular weight excluding hydrogens is 342 g/mol. The molecule has 3 heterocycles. The van der Waals surface area contributed by atoms with E-state index in [-0.39, 0.29) is 22.8 Å². The first-order valence-corrected chi connectivity index (χ1v) is 8.64. The summed E-state index contributed by atoms with van der Waals surface area (Å²) in [5.41, 5.74) is 1.30. The Morgan fingerprint density at radius 3 is 2.74 bits per heavy atom. The number of ether oxygens (including phenoxy) is 1. The van der Waals surface area contributed by atoms with E-state index in [9.17, 15) is 4.79 Å². The van der Waals surface area contributed by atoms with Gasteiger partial charge in [-0.05, 0) is 35.7 Å². The molecule has 7 heteroatoms. The molecule has 0 saturated heterocycles. The average Bonchev–Trinajstić information content (AvgIpc) is 2.96. The van der Waals surface area contributed by atoms with Crippen LogP contribution in [0, 0.1) is 16.2 Å². The summed E-state index contributed by atoms with van der Waals surface area (Å²) in [6.45, 7) is 4.89. The van der Waals surface area contributed by atoms with Gasteiger partial charge in [-0.2, -0.15) is 0 Å². The Labute approximate surface area is 155 Å². The van der Waals surface area contributed by atoms with Gasteiger partial charge in [0.2, 0.25) is 11.8 Å². The van der Waals surface area contributed by atoms with Crippen molar-refractivity contribution in [3.05, 3.63) is 70.0 Å². The lowest BCUT2D eigenvalue weighted by molar-refractivity contribution is 0.357. The maximum Gasteiger partial charge on any atom is 0.261 e. The highest BCUT2D eigenvalue weighted by atomic mass is 16.5. The zero-order chi connectivity index (χ0) is 19.2. The number of rotatable bonds is 2. The van der Waals surface area contributed by atoms with Gasteiger partial charge in [0.15, 0.2) is 0 Å². The minimum Gasteiger partial charge on any atom is -0.419 e. The van der Waals surface area contributed by atoms with Crippen LogP contribution < -0.4 is 5.56 Å². The molecule has 0 amide bonds. The van der Waals surface area contributed by atoms with Crippen molar-refractivity contribution >= 4 is 22.7 Å². The minimum atomic E-state index is -0.204. The molecule has 7 nitrogen and oxygen atoms in total. The smallest absolute Gasteiger partial charge is 0.261 e. The number of hydrogen-bond acceptors (Lipinski definition) is 6. The molecule has 0 spiro atoms. The van der Waals surface area contributed by atoms with E-state index in [1.165, 1.54) is 0 Å². The van der Waals surface area contributed by atoms with Gasteiger partial charge in [-0.25, -0.2) is 4.98 Å². The van der Waals surface area contributed by atoms with E-state index in [2.05, 4.69) is 23.8 Å². The molecule has 0 radical (unpaired) electrons. The van der Waals surface area contributed by atoms with Crippen molar-refractivity contribution in [3.8, 4) is 0 Å². The van der Waals surface area contributed by atoms with E-state index in [0.29, 0.717) is 28.7 Å². The second-order valence-electron chi connectivity index (χ2n) is 7.47. The zero-order valence-corrected chi connectivity index (χ0v) is 15.1. The van der Waals surface area contributed by atoms with Crippen LogP contribution >= 0.6 is 0 Å². The van der Waals surface area contributed by atoms with Gasteiger partial charge in [-0.15, -0.1) is 0 Å². The molecular formula is C20H19N5O2. The van der Waals surface area contributed by atoms with Crippen LogP contribution in [-0.4, -0.2) is 26.3 Å². The predicted molar refractivity (Wildman–Crippen MR) is 102 cm³/mol. The number of benzene rings is 1. The molecule has 4 rings (SSSR count). The second-order valence-corrected chi connectivity index (χ2v) is 7.47. The van der Waals surface area contributed by atoms with Crippen molar-refractivity contribution < 1.29 is 4.74 Å². The Hall–Kier alpha value is -3.35. The van der Waals surface area contributed by atoms with Gasteiger partial charge >= 0.3 is 0 Å². The van der Waals surface area contributed by atoms with Crippen molar-refractivity contribution in [1.82, 2.24) is 14.5 Å². The summed E-state index contributed by atoms with van der Waals surface area (Å²) in [7, 11) is 0. The third-order valence-corrected chi connectivity index (χ3v) is 4.62. The molecule has 0 fully saturated rings. The van der Waals surface area contributed by atoms with Crippen LogP contribution in [0.4, 0.5) is 0 Å². The fourth-order valence-electron chi connectivity index (χ4n) is 3.33. The number of hydrogen-bond donors (Lipinski definition) is 2. The number of nitrogens with zero attached hydrogens (tertiary/aromatic N) is 3. The minimum absolute atomic E-state index is 0.00689. The van der Waals surface area contributed by atoms with Gasteiger partial charge in [-0.3, -0.25) is 25.2 Å². The molecule has 0 saturated carbocycles. The largest absolute Gasteiger partial charge is 0.419 e. The molecule has 27 heavy (non-hydrogen) atoms. The second kappa shape index (κ2) is 6.12.